The van der Waals surface area contributed by atoms with Crippen LogP contribution in [0.2, 0.25) is 0 Å². The molecule has 5 nitrogen and oxygen atoms in total. The molecule has 0 amide bonds. The van der Waals surface area contributed by atoms with E-state index in [0.717, 1.165) is 13.1 Å². The van der Waals surface area contributed by atoms with Gasteiger partial charge < -0.3 is 15.2 Å². The molecule has 1 fully saturated rings. The van der Waals surface area contributed by atoms with Gasteiger partial charge in [0, 0.05) is 25.4 Å². The zero-order valence-corrected chi connectivity index (χ0v) is 9.31. The van der Waals surface area contributed by atoms with Gasteiger partial charge in [0.15, 0.2) is 0 Å². The van der Waals surface area contributed by atoms with Gasteiger partial charge in [-0.15, -0.1) is 5.10 Å². The van der Waals surface area contributed by atoms with E-state index in [1.54, 1.807) is 10.9 Å². The summed E-state index contributed by atoms with van der Waals surface area (Å²) in [4.78, 5) is 0. The zero-order valence-electron chi connectivity index (χ0n) is 9.31. The van der Waals surface area contributed by atoms with Crippen molar-refractivity contribution in [2.24, 2.45) is 0 Å². The highest BCUT2D eigenvalue weighted by Gasteiger charge is 2.18. The summed E-state index contributed by atoms with van der Waals surface area (Å²) in [7, 11) is 0. The molecule has 2 heterocycles. The van der Waals surface area contributed by atoms with E-state index in [1.165, 1.54) is 0 Å². The van der Waals surface area contributed by atoms with Gasteiger partial charge in [-0.1, -0.05) is 13.8 Å². The van der Waals surface area contributed by atoms with Crippen molar-refractivity contribution in [3.05, 3.63) is 12.3 Å². The largest absolute Gasteiger partial charge is 0.471 e. The minimum absolute atomic E-state index is 0.103. The first-order valence-corrected chi connectivity index (χ1v) is 5.40. The van der Waals surface area contributed by atoms with Gasteiger partial charge >= 0.3 is 0 Å². The van der Waals surface area contributed by atoms with Crippen LogP contribution in [0, 0.1) is 0 Å². The van der Waals surface area contributed by atoms with Gasteiger partial charge in [0.1, 0.15) is 6.10 Å². The number of hydrogen-bond acceptors (Lipinski definition) is 4. The summed E-state index contributed by atoms with van der Waals surface area (Å²) in [6.07, 6.45) is 2.06. The second-order valence-corrected chi connectivity index (χ2v) is 3.04. The summed E-state index contributed by atoms with van der Waals surface area (Å²) in [5.74, 6) is 0.639. The van der Waals surface area contributed by atoms with Crippen LogP contribution in [-0.4, -0.2) is 40.7 Å². The molecule has 1 aromatic rings. The van der Waals surface area contributed by atoms with Crippen LogP contribution in [0.3, 0.4) is 0 Å². The third kappa shape index (κ3) is 3.53. The van der Waals surface area contributed by atoms with E-state index in [-0.39, 0.29) is 12.7 Å². The summed E-state index contributed by atoms with van der Waals surface area (Å²) in [6.45, 7) is 6.41. The van der Waals surface area contributed by atoms with Crippen molar-refractivity contribution >= 4 is 0 Å². The lowest BCUT2D eigenvalue weighted by Gasteiger charge is -2.26. The van der Waals surface area contributed by atoms with E-state index in [9.17, 15) is 0 Å². The second kappa shape index (κ2) is 6.42. The van der Waals surface area contributed by atoms with Crippen molar-refractivity contribution < 1.29 is 9.84 Å². The molecule has 86 valence electrons. The Morgan fingerprint density at radius 2 is 2.33 bits per heavy atom. The summed E-state index contributed by atoms with van der Waals surface area (Å²) in [5, 5.41) is 15.9. The number of nitrogens with one attached hydrogen (secondary N) is 1. The summed E-state index contributed by atoms with van der Waals surface area (Å²) in [6, 6.07) is 1.81. The fourth-order valence-electron chi connectivity index (χ4n) is 1.15. The van der Waals surface area contributed by atoms with Gasteiger partial charge in [-0.2, -0.15) is 0 Å². The van der Waals surface area contributed by atoms with Crippen molar-refractivity contribution in [1.29, 1.82) is 0 Å². The number of ether oxygens (including phenoxy) is 1. The number of nitrogens with zero attached hydrogens (tertiary/aromatic N) is 2. The van der Waals surface area contributed by atoms with Crippen molar-refractivity contribution in [3.63, 3.8) is 0 Å². The number of aliphatic hydroxyl groups is 1. The smallest absolute Gasteiger partial charge is 0.233 e. The molecular weight excluding hydrogens is 194 g/mol. The van der Waals surface area contributed by atoms with Crippen LogP contribution >= 0.6 is 0 Å². The number of hydrogen-bond donors (Lipinski definition) is 2. The number of aromatic nitrogens is 2. The van der Waals surface area contributed by atoms with Crippen molar-refractivity contribution in [2.75, 3.05) is 19.7 Å². The zero-order chi connectivity index (χ0) is 11.1. The first-order valence-electron chi connectivity index (χ1n) is 5.40. The highest BCUT2D eigenvalue weighted by molar-refractivity contribution is 5.07. The fraction of sp³-hybridized carbons (Fsp3) is 0.700. The molecule has 0 spiro atoms. The highest BCUT2D eigenvalue weighted by atomic mass is 16.5. The Bertz CT molecular complexity index is 271. The van der Waals surface area contributed by atoms with Crippen LogP contribution in [0.5, 0.6) is 5.88 Å². The first kappa shape index (κ1) is 12.0. The molecule has 1 aliphatic rings. The van der Waals surface area contributed by atoms with Gasteiger partial charge in [0.2, 0.25) is 5.88 Å². The van der Waals surface area contributed by atoms with Crippen LogP contribution in [0.15, 0.2) is 12.3 Å². The molecule has 15 heavy (non-hydrogen) atoms. The van der Waals surface area contributed by atoms with E-state index in [2.05, 4.69) is 10.4 Å². The maximum Gasteiger partial charge on any atom is 0.233 e. The SMILES string of the molecule is CC.OCCn1ccc(OC2CNC2)n1. The molecule has 1 aliphatic heterocycles. The van der Waals surface area contributed by atoms with Crippen LogP contribution in [0.25, 0.3) is 0 Å². The molecule has 0 atom stereocenters. The summed E-state index contributed by atoms with van der Waals surface area (Å²) < 4.78 is 7.17. The molecule has 2 rings (SSSR count). The average molecular weight is 213 g/mol. The van der Waals surface area contributed by atoms with E-state index in [1.807, 2.05) is 19.9 Å². The molecular formula is C10H19N3O2. The Morgan fingerprint density at radius 3 is 2.87 bits per heavy atom. The quantitative estimate of drug-likeness (QED) is 0.753. The lowest BCUT2D eigenvalue weighted by molar-refractivity contribution is 0.134. The molecule has 5 heteroatoms. The van der Waals surface area contributed by atoms with Gasteiger partial charge in [0.05, 0.1) is 13.2 Å². The molecule has 0 radical (unpaired) electrons. The Morgan fingerprint density at radius 1 is 1.60 bits per heavy atom. The van der Waals surface area contributed by atoms with Crippen molar-refractivity contribution in [2.45, 2.75) is 26.5 Å². The molecule has 0 unspecified atom stereocenters. The molecule has 0 aromatic carbocycles. The predicted octanol–water partition coefficient (Wildman–Crippen LogP) is 0.252. The van der Waals surface area contributed by atoms with E-state index < -0.39 is 0 Å². The van der Waals surface area contributed by atoms with E-state index in [0.29, 0.717) is 12.4 Å². The maximum atomic E-state index is 8.66. The third-order valence-electron chi connectivity index (χ3n) is 1.98. The second-order valence-electron chi connectivity index (χ2n) is 3.04. The molecule has 1 saturated heterocycles. The number of aliphatic hydroxyl groups excluding tert-OH is 1. The number of rotatable bonds is 4. The third-order valence-corrected chi connectivity index (χ3v) is 1.98. The Hall–Kier alpha value is -1.07. The van der Waals surface area contributed by atoms with Gasteiger partial charge in [-0.05, 0) is 0 Å². The Labute approximate surface area is 90.1 Å². The van der Waals surface area contributed by atoms with Crippen LogP contribution in [0.4, 0.5) is 0 Å². The Kier molecular flexibility index (Phi) is 5.14. The van der Waals surface area contributed by atoms with E-state index >= 15 is 0 Å². The van der Waals surface area contributed by atoms with Crippen LogP contribution < -0.4 is 10.1 Å². The first-order chi connectivity index (χ1) is 7.38. The average Bonchev–Trinajstić information content (AvgIpc) is 2.63. The summed E-state index contributed by atoms with van der Waals surface area (Å²) in [5.41, 5.74) is 0. The molecule has 0 aliphatic carbocycles. The lowest BCUT2D eigenvalue weighted by atomic mass is 10.2. The molecule has 2 N–H and O–H groups in total. The minimum atomic E-state index is 0.103. The minimum Gasteiger partial charge on any atom is -0.471 e. The predicted molar refractivity (Wildman–Crippen MR) is 57.9 cm³/mol. The van der Waals surface area contributed by atoms with Crippen molar-refractivity contribution in [1.82, 2.24) is 15.1 Å². The van der Waals surface area contributed by atoms with Crippen molar-refractivity contribution in [3.8, 4) is 5.88 Å². The monoisotopic (exact) mass is 213 g/mol. The van der Waals surface area contributed by atoms with Gasteiger partial charge in [-0.25, -0.2) is 0 Å². The topological polar surface area (TPSA) is 59.3 Å². The van der Waals surface area contributed by atoms with Gasteiger partial charge in [0.25, 0.3) is 0 Å². The van der Waals surface area contributed by atoms with Gasteiger partial charge in [-0.3, -0.25) is 4.68 Å². The standard InChI is InChI=1S/C8H13N3O2.C2H6/c12-4-3-11-2-1-8(10-11)13-7-5-9-6-7;1-2/h1-2,7,9,12H,3-6H2;1-2H3. The molecule has 0 bridgehead atoms. The van der Waals surface area contributed by atoms with Crippen LogP contribution in [0.1, 0.15) is 13.8 Å². The normalized spacial score (nSPS) is 15.1. The highest BCUT2D eigenvalue weighted by Crippen LogP contribution is 2.09. The van der Waals surface area contributed by atoms with Crippen LogP contribution in [-0.2, 0) is 6.54 Å². The van der Waals surface area contributed by atoms with E-state index in [4.69, 9.17) is 9.84 Å². The lowest BCUT2D eigenvalue weighted by Crippen LogP contribution is -2.50. The summed E-state index contributed by atoms with van der Waals surface area (Å²) >= 11 is 0. The fourth-order valence-corrected chi connectivity index (χ4v) is 1.15. The Balaban J connectivity index is 0.000000531. The maximum absolute atomic E-state index is 8.66. The molecule has 1 aromatic heterocycles. The molecule has 0 saturated carbocycles.